The summed E-state index contributed by atoms with van der Waals surface area (Å²) in [5, 5.41) is 0. The lowest BCUT2D eigenvalue weighted by Crippen LogP contribution is -2.49. The first-order valence-electron chi connectivity index (χ1n) is 10.8. The standard InChI is InChI=1S/C25H26FN3O3/c1-2-20-23(31)22(24(27)29(25(20)32)13-16-6-4-3-5-7-16)21(30)15-28-11-10-17-12-19(26)9-8-18(17)14-28/h3-9,12,20H,2,10-11,13-15,27H2,1H3. The van der Waals surface area contributed by atoms with Crippen molar-refractivity contribution in [1.82, 2.24) is 9.80 Å². The molecule has 32 heavy (non-hydrogen) atoms. The maximum Gasteiger partial charge on any atom is 0.239 e. The lowest BCUT2D eigenvalue weighted by Gasteiger charge is -2.34. The van der Waals surface area contributed by atoms with Crippen LogP contribution in [-0.2, 0) is 33.9 Å². The Morgan fingerprint density at radius 1 is 1.12 bits per heavy atom. The lowest BCUT2D eigenvalue weighted by molar-refractivity contribution is -0.141. The zero-order valence-electron chi connectivity index (χ0n) is 18.0. The number of fused-ring (bicyclic) bond motifs is 1. The van der Waals surface area contributed by atoms with Gasteiger partial charge < -0.3 is 5.73 Å². The van der Waals surface area contributed by atoms with Crippen LogP contribution in [0.1, 0.15) is 30.0 Å². The van der Waals surface area contributed by atoms with Crippen molar-refractivity contribution in [1.29, 1.82) is 0 Å². The van der Waals surface area contributed by atoms with Crippen LogP contribution in [0, 0.1) is 11.7 Å². The van der Waals surface area contributed by atoms with Crippen LogP contribution in [0.25, 0.3) is 0 Å². The Morgan fingerprint density at radius 2 is 1.88 bits per heavy atom. The molecule has 0 fully saturated rings. The summed E-state index contributed by atoms with van der Waals surface area (Å²) in [6, 6.07) is 14.0. The van der Waals surface area contributed by atoms with Gasteiger partial charge in [0.15, 0.2) is 11.6 Å². The summed E-state index contributed by atoms with van der Waals surface area (Å²) in [5.41, 5.74) is 8.93. The Hall–Kier alpha value is -3.32. The molecule has 7 heteroatoms. The van der Waals surface area contributed by atoms with E-state index in [4.69, 9.17) is 5.73 Å². The molecule has 0 bridgehead atoms. The molecular weight excluding hydrogens is 409 g/mol. The van der Waals surface area contributed by atoms with Crippen LogP contribution in [-0.4, -0.2) is 40.4 Å². The van der Waals surface area contributed by atoms with E-state index < -0.39 is 11.7 Å². The first-order valence-corrected chi connectivity index (χ1v) is 10.8. The second kappa shape index (κ2) is 9.04. The molecule has 6 nitrogen and oxygen atoms in total. The van der Waals surface area contributed by atoms with Crippen LogP contribution in [0.15, 0.2) is 59.9 Å². The van der Waals surface area contributed by atoms with Crippen LogP contribution >= 0.6 is 0 Å². The topological polar surface area (TPSA) is 83.7 Å². The summed E-state index contributed by atoms with van der Waals surface area (Å²) < 4.78 is 13.5. The number of nitrogens with two attached hydrogens (primary N) is 1. The third kappa shape index (κ3) is 4.21. The van der Waals surface area contributed by atoms with E-state index in [0.29, 0.717) is 25.9 Å². The molecule has 2 N–H and O–H groups in total. The van der Waals surface area contributed by atoms with E-state index in [1.807, 2.05) is 35.2 Å². The van der Waals surface area contributed by atoms with Crippen molar-refractivity contribution >= 4 is 17.5 Å². The number of amides is 1. The van der Waals surface area contributed by atoms with Crippen LogP contribution < -0.4 is 5.73 Å². The largest absolute Gasteiger partial charge is 0.384 e. The molecule has 2 aliphatic heterocycles. The van der Waals surface area contributed by atoms with Gasteiger partial charge in [0.25, 0.3) is 0 Å². The third-order valence-corrected chi connectivity index (χ3v) is 6.17. The summed E-state index contributed by atoms with van der Waals surface area (Å²) in [6.07, 6.45) is 0.925. The van der Waals surface area contributed by atoms with E-state index >= 15 is 0 Å². The molecule has 0 saturated carbocycles. The average molecular weight is 435 g/mol. The predicted octanol–water partition coefficient (Wildman–Crippen LogP) is 2.56. The van der Waals surface area contributed by atoms with E-state index in [2.05, 4.69) is 0 Å². The second-order valence-electron chi connectivity index (χ2n) is 8.29. The summed E-state index contributed by atoms with van der Waals surface area (Å²) in [7, 11) is 0. The molecule has 0 aromatic heterocycles. The number of nitrogens with zero attached hydrogens (tertiary/aromatic N) is 2. The third-order valence-electron chi connectivity index (χ3n) is 6.17. The summed E-state index contributed by atoms with van der Waals surface area (Å²) in [4.78, 5) is 42.5. The number of carbonyl (C=O) groups is 3. The van der Waals surface area contributed by atoms with E-state index in [1.165, 1.54) is 17.0 Å². The van der Waals surface area contributed by atoms with Crippen LogP contribution in [0.2, 0.25) is 0 Å². The van der Waals surface area contributed by atoms with Gasteiger partial charge in [-0.2, -0.15) is 0 Å². The summed E-state index contributed by atoms with van der Waals surface area (Å²) >= 11 is 0. The molecule has 1 amide bonds. The molecule has 2 aliphatic rings. The minimum absolute atomic E-state index is 0.0163. The molecule has 0 spiro atoms. The highest BCUT2D eigenvalue weighted by Gasteiger charge is 2.42. The van der Waals surface area contributed by atoms with Gasteiger partial charge in [-0.1, -0.05) is 43.3 Å². The molecule has 2 aromatic carbocycles. The fourth-order valence-electron chi connectivity index (χ4n) is 4.42. The Kier molecular flexibility index (Phi) is 6.19. The molecule has 166 valence electrons. The maximum atomic E-state index is 13.5. The maximum absolute atomic E-state index is 13.5. The van der Waals surface area contributed by atoms with Crippen molar-refractivity contribution in [2.24, 2.45) is 11.7 Å². The Balaban J connectivity index is 1.58. The van der Waals surface area contributed by atoms with Crippen LogP contribution in [0.4, 0.5) is 4.39 Å². The Labute approximate surface area is 186 Å². The smallest absolute Gasteiger partial charge is 0.239 e. The summed E-state index contributed by atoms with van der Waals surface area (Å²) in [5.74, 6) is -2.50. The van der Waals surface area contributed by atoms with Crippen molar-refractivity contribution in [2.45, 2.75) is 32.9 Å². The SMILES string of the molecule is CCC1C(=O)C(C(=O)CN2CCc3cc(F)ccc3C2)=C(N)N(Cc2ccccc2)C1=O. The first kappa shape index (κ1) is 21.9. The zero-order chi connectivity index (χ0) is 22.8. The number of halogens is 1. The van der Waals surface area contributed by atoms with E-state index in [1.54, 1.807) is 13.0 Å². The van der Waals surface area contributed by atoms with Gasteiger partial charge in [0.05, 0.1) is 13.1 Å². The molecule has 0 radical (unpaired) electrons. The van der Waals surface area contributed by atoms with Gasteiger partial charge in [-0.3, -0.25) is 24.2 Å². The number of carbonyl (C=O) groups excluding carboxylic acids is 3. The number of rotatable bonds is 6. The lowest BCUT2D eigenvalue weighted by atomic mass is 9.87. The van der Waals surface area contributed by atoms with Crippen molar-refractivity contribution in [3.8, 4) is 0 Å². The van der Waals surface area contributed by atoms with Gasteiger partial charge >= 0.3 is 0 Å². The highest BCUT2D eigenvalue weighted by atomic mass is 19.1. The molecule has 0 aliphatic carbocycles. The highest BCUT2D eigenvalue weighted by Crippen LogP contribution is 2.27. The Bertz CT molecular complexity index is 1100. The second-order valence-corrected chi connectivity index (χ2v) is 8.29. The molecule has 2 aromatic rings. The van der Waals surface area contributed by atoms with Gasteiger partial charge in [-0.25, -0.2) is 4.39 Å². The molecule has 4 rings (SSSR count). The van der Waals surface area contributed by atoms with Crippen LogP contribution in [0.3, 0.4) is 0 Å². The molecule has 0 saturated heterocycles. The number of benzene rings is 2. The number of hydrogen-bond donors (Lipinski definition) is 1. The van der Waals surface area contributed by atoms with Gasteiger partial charge in [0, 0.05) is 13.1 Å². The highest BCUT2D eigenvalue weighted by molar-refractivity contribution is 6.27. The normalized spacial score (nSPS) is 19.3. The molecule has 1 unspecified atom stereocenters. The quantitative estimate of drug-likeness (QED) is 0.557. The minimum Gasteiger partial charge on any atom is -0.384 e. The first-order chi connectivity index (χ1) is 15.4. The van der Waals surface area contributed by atoms with Crippen molar-refractivity contribution in [3.05, 3.63) is 82.4 Å². The van der Waals surface area contributed by atoms with Gasteiger partial charge in [-0.05, 0) is 41.7 Å². The van der Waals surface area contributed by atoms with E-state index in [-0.39, 0.29) is 42.0 Å². The van der Waals surface area contributed by atoms with Crippen molar-refractivity contribution < 1.29 is 18.8 Å². The van der Waals surface area contributed by atoms with Gasteiger partial charge in [0.1, 0.15) is 23.1 Å². The van der Waals surface area contributed by atoms with Crippen LogP contribution in [0.5, 0.6) is 0 Å². The number of hydrogen-bond acceptors (Lipinski definition) is 5. The molecule has 2 heterocycles. The Morgan fingerprint density at radius 3 is 2.59 bits per heavy atom. The number of ketones is 2. The predicted molar refractivity (Wildman–Crippen MR) is 117 cm³/mol. The fourth-order valence-corrected chi connectivity index (χ4v) is 4.42. The number of Topliss-reactive ketones (excluding diaryl/α,β-unsaturated/α-hetero) is 2. The van der Waals surface area contributed by atoms with Crippen molar-refractivity contribution in [3.63, 3.8) is 0 Å². The average Bonchev–Trinajstić information content (AvgIpc) is 2.78. The van der Waals surface area contributed by atoms with Crippen molar-refractivity contribution in [2.75, 3.05) is 13.1 Å². The van der Waals surface area contributed by atoms with E-state index in [9.17, 15) is 18.8 Å². The fraction of sp³-hybridized carbons (Fsp3) is 0.320. The summed E-state index contributed by atoms with van der Waals surface area (Å²) in [6.45, 7) is 3.04. The minimum atomic E-state index is -0.907. The van der Waals surface area contributed by atoms with Gasteiger partial charge in [-0.15, -0.1) is 0 Å². The molecular formula is C25H26FN3O3. The monoisotopic (exact) mass is 435 g/mol. The molecule has 1 atom stereocenters. The van der Waals surface area contributed by atoms with Gasteiger partial charge in [0.2, 0.25) is 5.91 Å². The van der Waals surface area contributed by atoms with E-state index in [0.717, 1.165) is 16.7 Å². The zero-order valence-corrected chi connectivity index (χ0v) is 18.0.